The molecule has 33 heavy (non-hydrogen) atoms. The molecule has 1 aliphatic rings. The Balaban J connectivity index is 1.68. The highest BCUT2D eigenvalue weighted by atomic mass is 32.1. The molecular weight excluding hydrogens is 428 g/mol. The van der Waals surface area contributed by atoms with Crippen LogP contribution in [0.4, 0.5) is 5.69 Å². The van der Waals surface area contributed by atoms with Crippen LogP contribution < -0.4 is 10.2 Å². The summed E-state index contributed by atoms with van der Waals surface area (Å²) >= 11 is 5.82. The van der Waals surface area contributed by atoms with E-state index in [2.05, 4.69) is 70.9 Å². The predicted molar refractivity (Wildman–Crippen MR) is 136 cm³/mol. The molecule has 3 heterocycles. The molecule has 2 aromatic heterocycles. The Kier molecular flexibility index (Phi) is 5.38. The van der Waals surface area contributed by atoms with Gasteiger partial charge in [0.25, 0.3) is 0 Å². The summed E-state index contributed by atoms with van der Waals surface area (Å²) < 4.78 is 2.30. The largest absolute Gasteiger partial charge is 0.508 e. The van der Waals surface area contributed by atoms with Crippen LogP contribution in [0.2, 0.25) is 0 Å². The van der Waals surface area contributed by atoms with Crippen molar-refractivity contribution in [2.24, 2.45) is 0 Å². The molecule has 166 valence electrons. The fourth-order valence-electron chi connectivity index (χ4n) is 4.81. The summed E-state index contributed by atoms with van der Waals surface area (Å²) in [6.45, 7) is 6.41. The molecule has 5 rings (SSSR count). The highest BCUT2D eigenvalue weighted by molar-refractivity contribution is 7.80. The molecule has 0 spiro atoms. The third-order valence-corrected chi connectivity index (χ3v) is 6.59. The average Bonchev–Trinajstić information content (AvgIpc) is 3.30. The molecule has 1 saturated heterocycles. The second-order valence-electron chi connectivity index (χ2n) is 8.51. The molecule has 6 heteroatoms. The van der Waals surface area contributed by atoms with Gasteiger partial charge in [0, 0.05) is 29.0 Å². The number of rotatable bonds is 4. The number of benzene rings is 2. The van der Waals surface area contributed by atoms with Gasteiger partial charge in [-0.05, 0) is 98.7 Å². The summed E-state index contributed by atoms with van der Waals surface area (Å²) in [6.07, 6.45) is 1.82. The number of hydrogen-bond acceptors (Lipinski definition) is 3. The Bertz CT molecular complexity index is 1310. The van der Waals surface area contributed by atoms with Crippen molar-refractivity contribution in [3.8, 4) is 11.4 Å². The second-order valence-corrected chi connectivity index (χ2v) is 8.90. The predicted octanol–water partition coefficient (Wildman–Crippen LogP) is 5.68. The number of nitrogens with one attached hydrogen (secondary N) is 1. The van der Waals surface area contributed by atoms with Gasteiger partial charge in [-0.3, -0.25) is 4.98 Å². The zero-order chi connectivity index (χ0) is 23.1. The summed E-state index contributed by atoms with van der Waals surface area (Å²) in [5.74, 6) is 0.229. The van der Waals surface area contributed by atoms with Crippen molar-refractivity contribution in [2.75, 3.05) is 4.90 Å². The van der Waals surface area contributed by atoms with E-state index in [1.807, 2.05) is 36.5 Å². The van der Waals surface area contributed by atoms with Crippen molar-refractivity contribution in [2.45, 2.75) is 32.9 Å². The first-order valence-electron chi connectivity index (χ1n) is 11.0. The van der Waals surface area contributed by atoms with Crippen LogP contribution in [0, 0.1) is 20.8 Å². The summed E-state index contributed by atoms with van der Waals surface area (Å²) in [5, 5.41) is 14.0. The summed E-state index contributed by atoms with van der Waals surface area (Å²) in [7, 11) is 0. The Morgan fingerprint density at radius 3 is 2.39 bits per heavy atom. The number of hydrogen-bond donors (Lipinski definition) is 2. The quantitative estimate of drug-likeness (QED) is 0.389. The molecule has 2 atom stereocenters. The van der Waals surface area contributed by atoms with E-state index >= 15 is 0 Å². The molecule has 0 amide bonds. The number of pyridine rings is 1. The van der Waals surface area contributed by atoms with Gasteiger partial charge in [0.1, 0.15) is 5.75 Å². The number of phenolic OH excluding ortho intramolecular Hbond substituents is 1. The molecule has 5 nitrogen and oxygen atoms in total. The van der Waals surface area contributed by atoms with Gasteiger partial charge in [-0.1, -0.05) is 18.2 Å². The summed E-state index contributed by atoms with van der Waals surface area (Å²) in [4.78, 5) is 6.78. The molecule has 0 radical (unpaired) electrons. The first-order valence-corrected chi connectivity index (χ1v) is 11.4. The molecular formula is C27H26N4OS. The Labute approximate surface area is 199 Å². The third kappa shape index (κ3) is 3.76. The lowest BCUT2D eigenvalue weighted by Crippen LogP contribution is -2.29. The number of aryl methyl sites for hydroxylation is 2. The van der Waals surface area contributed by atoms with Gasteiger partial charge in [-0.2, -0.15) is 0 Å². The average molecular weight is 455 g/mol. The van der Waals surface area contributed by atoms with Crippen LogP contribution in [-0.4, -0.2) is 19.8 Å². The number of aromatic nitrogens is 2. The lowest BCUT2D eigenvalue weighted by Gasteiger charge is -2.28. The topological polar surface area (TPSA) is 53.3 Å². The standard InChI is InChI=1S/C27H26N4OS/c1-17-7-6-8-21(15-17)30-18(2)16-23(19(30)3)26-25(24-9-4-5-14-28-24)29-27(33)31(26)20-10-12-22(32)13-11-20/h4-16,25-26,32H,1-3H3,(H,29,33)/t25-,26-/m1/s1. The van der Waals surface area contributed by atoms with Gasteiger partial charge in [0.15, 0.2) is 5.11 Å². The zero-order valence-corrected chi connectivity index (χ0v) is 19.7. The first kappa shape index (κ1) is 21.2. The van der Waals surface area contributed by atoms with Crippen molar-refractivity contribution in [3.05, 3.63) is 107 Å². The minimum absolute atomic E-state index is 0.0956. The smallest absolute Gasteiger partial charge is 0.174 e. The number of anilines is 1. The van der Waals surface area contributed by atoms with Gasteiger partial charge >= 0.3 is 0 Å². The highest BCUT2D eigenvalue weighted by Crippen LogP contribution is 2.43. The van der Waals surface area contributed by atoms with E-state index in [0.29, 0.717) is 5.11 Å². The number of aromatic hydroxyl groups is 1. The third-order valence-electron chi connectivity index (χ3n) is 6.27. The molecule has 2 N–H and O–H groups in total. The normalized spacial score (nSPS) is 17.9. The molecule has 1 aliphatic heterocycles. The minimum Gasteiger partial charge on any atom is -0.508 e. The molecule has 0 bridgehead atoms. The maximum Gasteiger partial charge on any atom is 0.174 e. The van der Waals surface area contributed by atoms with Crippen molar-refractivity contribution in [3.63, 3.8) is 0 Å². The van der Waals surface area contributed by atoms with Crippen LogP contribution in [-0.2, 0) is 0 Å². The van der Waals surface area contributed by atoms with Gasteiger partial charge in [0.05, 0.1) is 17.8 Å². The molecule has 0 unspecified atom stereocenters. The monoisotopic (exact) mass is 454 g/mol. The van der Waals surface area contributed by atoms with Gasteiger partial charge in [-0.25, -0.2) is 0 Å². The van der Waals surface area contributed by atoms with Crippen LogP contribution in [0.25, 0.3) is 5.69 Å². The fourth-order valence-corrected chi connectivity index (χ4v) is 5.16. The van der Waals surface area contributed by atoms with E-state index in [9.17, 15) is 5.11 Å². The Morgan fingerprint density at radius 1 is 0.909 bits per heavy atom. The summed E-state index contributed by atoms with van der Waals surface area (Å²) in [6, 6.07) is 23.7. The molecule has 2 aromatic carbocycles. The SMILES string of the molecule is Cc1cccc(-n2c(C)cc([C@@H]3[C@@H](c4ccccn4)NC(=S)N3c3ccc(O)cc3)c2C)c1. The lowest BCUT2D eigenvalue weighted by molar-refractivity contribution is 0.475. The van der Waals surface area contributed by atoms with Crippen molar-refractivity contribution < 1.29 is 5.11 Å². The van der Waals surface area contributed by atoms with Crippen LogP contribution in [0.3, 0.4) is 0 Å². The van der Waals surface area contributed by atoms with Crippen LogP contribution >= 0.6 is 12.2 Å². The van der Waals surface area contributed by atoms with E-state index in [4.69, 9.17) is 12.2 Å². The molecule has 4 aromatic rings. The minimum atomic E-state index is -0.112. The van der Waals surface area contributed by atoms with E-state index in [-0.39, 0.29) is 17.8 Å². The van der Waals surface area contributed by atoms with E-state index in [0.717, 1.165) is 22.8 Å². The molecule has 1 fully saturated rings. The zero-order valence-electron chi connectivity index (χ0n) is 18.9. The highest BCUT2D eigenvalue weighted by Gasteiger charge is 2.42. The molecule has 0 aliphatic carbocycles. The van der Waals surface area contributed by atoms with Crippen molar-refractivity contribution in [1.29, 1.82) is 0 Å². The Hall–Kier alpha value is -3.64. The molecule has 0 saturated carbocycles. The first-order chi connectivity index (χ1) is 15.9. The van der Waals surface area contributed by atoms with Crippen molar-refractivity contribution in [1.82, 2.24) is 14.9 Å². The van der Waals surface area contributed by atoms with Gasteiger partial charge in [0.2, 0.25) is 0 Å². The second kappa shape index (κ2) is 8.37. The van der Waals surface area contributed by atoms with Crippen LogP contribution in [0.1, 0.15) is 40.3 Å². The van der Waals surface area contributed by atoms with Crippen LogP contribution in [0.5, 0.6) is 5.75 Å². The number of phenols is 1. The Morgan fingerprint density at radius 2 is 1.70 bits per heavy atom. The number of thiocarbonyl (C=S) groups is 1. The summed E-state index contributed by atoms with van der Waals surface area (Å²) in [5.41, 5.74) is 7.75. The maximum atomic E-state index is 9.83. The van der Waals surface area contributed by atoms with E-state index < -0.39 is 0 Å². The van der Waals surface area contributed by atoms with E-state index in [1.54, 1.807) is 12.1 Å². The lowest BCUT2D eigenvalue weighted by atomic mass is 9.96. The van der Waals surface area contributed by atoms with Crippen LogP contribution in [0.15, 0.2) is 79.0 Å². The van der Waals surface area contributed by atoms with Gasteiger partial charge < -0.3 is 19.9 Å². The van der Waals surface area contributed by atoms with Gasteiger partial charge in [-0.15, -0.1) is 0 Å². The fraction of sp³-hybridized carbons (Fsp3) is 0.185. The number of nitrogens with zero attached hydrogens (tertiary/aromatic N) is 3. The van der Waals surface area contributed by atoms with E-state index in [1.165, 1.54) is 16.8 Å². The maximum absolute atomic E-state index is 9.83. The van der Waals surface area contributed by atoms with Crippen molar-refractivity contribution >= 4 is 23.0 Å².